The molecule has 2 fully saturated rings. The van der Waals surface area contributed by atoms with E-state index in [0.717, 1.165) is 24.4 Å². The normalized spacial score (nSPS) is 29.8. The summed E-state index contributed by atoms with van der Waals surface area (Å²) >= 11 is 1.09. The van der Waals surface area contributed by atoms with Crippen molar-refractivity contribution in [2.75, 3.05) is 0 Å². The zero-order valence-corrected chi connectivity index (χ0v) is 10.7. The van der Waals surface area contributed by atoms with Gasteiger partial charge >= 0.3 is 5.97 Å². The number of aromatic nitrogens is 2. The summed E-state index contributed by atoms with van der Waals surface area (Å²) in [7, 11) is 0. The van der Waals surface area contributed by atoms with Crippen molar-refractivity contribution in [2.45, 2.75) is 38.3 Å². The maximum atomic E-state index is 12.4. The van der Waals surface area contributed by atoms with Crippen molar-refractivity contribution >= 4 is 23.4 Å². The minimum Gasteiger partial charge on any atom is -0.481 e. The number of aryl methyl sites for hydroxylation is 1. The van der Waals surface area contributed by atoms with Gasteiger partial charge in [0.2, 0.25) is 0 Å². The molecule has 3 atom stereocenters. The molecule has 0 spiro atoms. The molecular weight excluding hydrogens is 254 g/mol. The molecule has 7 heteroatoms. The molecule has 3 rings (SSSR count). The van der Waals surface area contributed by atoms with Crippen LogP contribution in [0, 0.1) is 12.8 Å². The summed E-state index contributed by atoms with van der Waals surface area (Å²) in [6, 6.07) is -0.0772. The van der Waals surface area contributed by atoms with Gasteiger partial charge in [-0.05, 0) is 37.7 Å². The first-order valence-electron chi connectivity index (χ1n) is 5.94. The highest BCUT2D eigenvalue weighted by molar-refractivity contribution is 7.07. The molecule has 1 N–H and O–H groups in total. The number of carbonyl (C=O) groups excluding carboxylic acids is 1. The number of rotatable bonds is 2. The summed E-state index contributed by atoms with van der Waals surface area (Å²) in [5.74, 6) is -1.30. The number of fused-ring (bicyclic) bond motifs is 2. The van der Waals surface area contributed by atoms with Gasteiger partial charge in [0.1, 0.15) is 4.88 Å². The Morgan fingerprint density at radius 2 is 2.22 bits per heavy atom. The number of aliphatic carboxylic acids is 1. The molecule has 1 aromatic rings. The van der Waals surface area contributed by atoms with Gasteiger partial charge in [0.05, 0.1) is 11.6 Å². The van der Waals surface area contributed by atoms with Crippen LogP contribution in [-0.2, 0) is 4.79 Å². The van der Waals surface area contributed by atoms with Gasteiger partial charge in [0.15, 0.2) is 0 Å². The Balaban J connectivity index is 1.88. The van der Waals surface area contributed by atoms with Crippen LogP contribution < -0.4 is 0 Å². The molecule has 0 aromatic carbocycles. The van der Waals surface area contributed by atoms with Crippen LogP contribution in [-0.4, -0.2) is 43.6 Å². The Morgan fingerprint density at radius 1 is 1.44 bits per heavy atom. The second-order valence-corrected chi connectivity index (χ2v) is 5.63. The fourth-order valence-corrected chi connectivity index (χ4v) is 3.72. The molecule has 0 radical (unpaired) electrons. The minimum absolute atomic E-state index is 0.0742. The molecule has 2 aliphatic heterocycles. The van der Waals surface area contributed by atoms with E-state index in [0.29, 0.717) is 17.0 Å². The molecule has 2 bridgehead atoms. The topological polar surface area (TPSA) is 83.4 Å². The third-order valence-electron chi connectivity index (χ3n) is 3.93. The molecule has 3 unspecified atom stereocenters. The Bertz CT molecular complexity index is 515. The van der Waals surface area contributed by atoms with E-state index >= 15 is 0 Å². The van der Waals surface area contributed by atoms with Crippen LogP contribution in [0.3, 0.4) is 0 Å². The zero-order valence-electron chi connectivity index (χ0n) is 9.87. The number of carbonyl (C=O) groups is 2. The number of carboxylic acids is 1. The standard InChI is InChI=1S/C11H13N3O3S/c1-5-9(18-13-12-5)10(15)14-6-2-3-8(14)7(4-6)11(16)17/h6-8H,2-4H2,1H3,(H,16,17). The van der Waals surface area contributed by atoms with Gasteiger partial charge < -0.3 is 10.0 Å². The first-order chi connectivity index (χ1) is 8.59. The van der Waals surface area contributed by atoms with E-state index in [1.807, 2.05) is 0 Å². The van der Waals surface area contributed by atoms with Crippen LogP contribution in [0.4, 0.5) is 0 Å². The van der Waals surface area contributed by atoms with Gasteiger partial charge in [-0.2, -0.15) is 0 Å². The fourth-order valence-electron chi connectivity index (χ4n) is 3.12. The van der Waals surface area contributed by atoms with E-state index in [4.69, 9.17) is 5.11 Å². The molecular formula is C11H13N3O3S. The van der Waals surface area contributed by atoms with Crippen molar-refractivity contribution in [2.24, 2.45) is 5.92 Å². The number of carboxylic acid groups (broad SMARTS) is 1. The minimum atomic E-state index is -0.792. The molecule has 96 valence electrons. The van der Waals surface area contributed by atoms with Crippen molar-refractivity contribution in [1.29, 1.82) is 0 Å². The van der Waals surface area contributed by atoms with Gasteiger partial charge in [-0.1, -0.05) is 4.49 Å². The highest BCUT2D eigenvalue weighted by atomic mass is 32.1. The van der Waals surface area contributed by atoms with Crippen LogP contribution in [0.2, 0.25) is 0 Å². The lowest BCUT2D eigenvalue weighted by Crippen LogP contribution is -2.37. The van der Waals surface area contributed by atoms with E-state index in [2.05, 4.69) is 9.59 Å². The Morgan fingerprint density at radius 3 is 2.78 bits per heavy atom. The third kappa shape index (κ3) is 1.53. The first kappa shape index (κ1) is 11.6. The Hall–Kier alpha value is -1.50. The van der Waals surface area contributed by atoms with Crippen LogP contribution in [0.15, 0.2) is 0 Å². The molecule has 1 aromatic heterocycles. The number of hydrogen-bond acceptors (Lipinski definition) is 5. The predicted octanol–water partition coefficient (Wildman–Crippen LogP) is 0.924. The second-order valence-electron chi connectivity index (χ2n) is 4.88. The molecule has 18 heavy (non-hydrogen) atoms. The van der Waals surface area contributed by atoms with Crippen molar-refractivity contribution in [1.82, 2.24) is 14.5 Å². The largest absolute Gasteiger partial charge is 0.481 e. The Kier molecular flexibility index (Phi) is 2.58. The SMILES string of the molecule is Cc1nnsc1C(=O)N1C2CCC1C(C(=O)O)C2. The lowest BCUT2D eigenvalue weighted by molar-refractivity contribution is -0.142. The van der Waals surface area contributed by atoms with E-state index in [9.17, 15) is 9.59 Å². The molecule has 1 amide bonds. The van der Waals surface area contributed by atoms with Gasteiger partial charge in [-0.3, -0.25) is 9.59 Å². The van der Waals surface area contributed by atoms with Crippen LogP contribution >= 0.6 is 11.5 Å². The zero-order chi connectivity index (χ0) is 12.9. The molecule has 3 heterocycles. The third-order valence-corrected chi connectivity index (χ3v) is 4.75. The lowest BCUT2D eigenvalue weighted by atomic mass is 9.89. The van der Waals surface area contributed by atoms with Gasteiger partial charge in [0, 0.05) is 12.1 Å². The number of amides is 1. The molecule has 0 saturated carbocycles. The summed E-state index contributed by atoms with van der Waals surface area (Å²) < 4.78 is 3.77. The quantitative estimate of drug-likeness (QED) is 0.861. The lowest BCUT2D eigenvalue weighted by Gasteiger charge is -2.22. The highest BCUT2D eigenvalue weighted by Crippen LogP contribution is 2.42. The van der Waals surface area contributed by atoms with Crippen molar-refractivity contribution in [3.63, 3.8) is 0 Å². The van der Waals surface area contributed by atoms with Crippen LogP contribution in [0.25, 0.3) is 0 Å². The van der Waals surface area contributed by atoms with Crippen molar-refractivity contribution in [3.05, 3.63) is 10.6 Å². The molecule has 0 aliphatic carbocycles. The van der Waals surface area contributed by atoms with Crippen LogP contribution in [0.1, 0.15) is 34.6 Å². The monoisotopic (exact) mass is 267 g/mol. The van der Waals surface area contributed by atoms with Gasteiger partial charge in [-0.25, -0.2) is 0 Å². The molecule has 2 saturated heterocycles. The summed E-state index contributed by atoms with van der Waals surface area (Å²) in [6.45, 7) is 1.75. The smallest absolute Gasteiger partial charge is 0.308 e. The average Bonchev–Trinajstić information content (AvgIpc) is 3.01. The van der Waals surface area contributed by atoms with Gasteiger partial charge in [0.25, 0.3) is 5.91 Å². The fraction of sp³-hybridized carbons (Fsp3) is 0.636. The Labute approximate surface area is 108 Å². The summed E-state index contributed by atoms with van der Waals surface area (Å²) in [5, 5.41) is 13.0. The number of nitrogens with zero attached hydrogens (tertiary/aromatic N) is 3. The molecule has 2 aliphatic rings. The van der Waals surface area contributed by atoms with E-state index < -0.39 is 11.9 Å². The number of hydrogen-bond donors (Lipinski definition) is 1. The maximum Gasteiger partial charge on any atom is 0.308 e. The predicted molar refractivity (Wildman–Crippen MR) is 63.4 cm³/mol. The maximum absolute atomic E-state index is 12.4. The van der Waals surface area contributed by atoms with E-state index in [-0.39, 0.29) is 18.0 Å². The van der Waals surface area contributed by atoms with Crippen molar-refractivity contribution in [3.8, 4) is 0 Å². The highest BCUT2D eigenvalue weighted by Gasteiger charge is 2.51. The summed E-state index contributed by atoms with van der Waals surface area (Å²) in [6.07, 6.45) is 2.28. The molecule has 6 nitrogen and oxygen atoms in total. The van der Waals surface area contributed by atoms with E-state index in [1.54, 1.807) is 11.8 Å². The second kappa shape index (κ2) is 4.01. The van der Waals surface area contributed by atoms with E-state index in [1.165, 1.54) is 0 Å². The summed E-state index contributed by atoms with van der Waals surface area (Å²) in [5.41, 5.74) is 0.628. The average molecular weight is 267 g/mol. The summed E-state index contributed by atoms with van der Waals surface area (Å²) in [4.78, 5) is 25.9. The van der Waals surface area contributed by atoms with Crippen LogP contribution in [0.5, 0.6) is 0 Å². The van der Waals surface area contributed by atoms with Crippen molar-refractivity contribution < 1.29 is 14.7 Å². The first-order valence-corrected chi connectivity index (χ1v) is 6.71. The van der Waals surface area contributed by atoms with Gasteiger partial charge in [-0.15, -0.1) is 5.10 Å².